The monoisotopic (exact) mass is 154 g/mol. The maximum atomic E-state index is 5.71. The maximum Gasteiger partial charge on any atom is 0.136 e. The minimum atomic E-state index is 0.123. The first-order chi connectivity index (χ1) is 5.13. The van der Waals surface area contributed by atoms with Gasteiger partial charge in [0.1, 0.15) is 12.2 Å². The van der Waals surface area contributed by atoms with Crippen molar-refractivity contribution in [3.05, 3.63) is 12.2 Å². The summed E-state index contributed by atoms with van der Waals surface area (Å²) >= 11 is 0. The first kappa shape index (κ1) is 8.20. The molecule has 1 aromatic rings. The quantitative estimate of drug-likeness (QED) is 0.665. The molecule has 0 bridgehead atoms. The van der Waals surface area contributed by atoms with E-state index in [0.29, 0.717) is 0 Å². The van der Waals surface area contributed by atoms with Crippen LogP contribution in [0.1, 0.15) is 25.6 Å². The lowest BCUT2D eigenvalue weighted by atomic mass is 10.0. The lowest BCUT2D eigenvalue weighted by Crippen LogP contribution is -2.24. The van der Waals surface area contributed by atoms with Gasteiger partial charge in [-0.15, -0.1) is 10.2 Å². The maximum absolute atomic E-state index is 5.71. The predicted octanol–water partition coefficient (Wildman–Crippen LogP) is 0.266. The zero-order valence-corrected chi connectivity index (χ0v) is 7.15. The second kappa shape index (κ2) is 3.00. The molecule has 11 heavy (non-hydrogen) atoms. The number of aromatic nitrogens is 3. The van der Waals surface area contributed by atoms with Gasteiger partial charge < -0.3 is 10.3 Å². The van der Waals surface area contributed by atoms with E-state index in [9.17, 15) is 0 Å². The fraction of sp³-hybridized carbons (Fsp3) is 0.714. The van der Waals surface area contributed by atoms with E-state index < -0.39 is 0 Å². The van der Waals surface area contributed by atoms with Crippen molar-refractivity contribution in [1.29, 1.82) is 0 Å². The van der Waals surface area contributed by atoms with Gasteiger partial charge in [0.25, 0.3) is 0 Å². The third kappa shape index (κ3) is 1.57. The summed E-state index contributed by atoms with van der Waals surface area (Å²) in [6.45, 7) is 4.02. The summed E-state index contributed by atoms with van der Waals surface area (Å²) in [5.41, 5.74) is 5.71. The third-order valence-electron chi connectivity index (χ3n) is 1.94. The van der Waals surface area contributed by atoms with Crippen molar-refractivity contribution in [2.24, 2.45) is 12.8 Å². The highest BCUT2D eigenvalue weighted by molar-refractivity contribution is 4.96. The van der Waals surface area contributed by atoms with Crippen molar-refractivity contribution in [1.82, 2.24) is 14.8 Å². The average Bonchev–Trinajstić information content (AvgIpc) is 2.33. The second-order valence-electron chi connectivity index (χ2n) is 2.95. The highest BCUT2D eigenvalue weighted by Crippen LogP contribution is 2.13. The van der Waals surface area contributed by atoms with E-state index in [4.69, 9.17) is 5.73 Å². The minimum absolute atomic E-state index is 0.123. The van der Waals surface area contributed by atoms with E-state index >= 15 is 0 Å². The lowest BCUT2D eigenvalue weighted by molar-refractivity contribution is 0.560. The second-order valence-corrected chi connectivity index (χ2v) is 2.95. The summed E-state index contributed by atoms with van der Waals surface area (Å²) in [4.78, 5) is 0. The van der Waals surface area contributed by atoms with E-state index in [-0.39, 0.29) is 12.0 Å². The molecule has 62 valence electrons. The lowest BCUT2D eigenvalue weighted by Gasteiger charge is -2.13. The van der Waals surface area contributed by atoms with E-state index in [1.54, 1.807) is 6.33 Å². The minimum Gasteiger partial charge on any atom is -0.327 e. The Bertz CT molecular complexity index is 228. The predicted molar refractivity (Wildman–Crippen MR) is 43.1 cm³/mol. The van der Waals surface area contributed by atoms with Crippen molar-refractivity contribution in [2.45, 2.75) is 25.8 Å². The van der Waals surface area contributed by atoms with Gasteiger partial charge >= 0.3 is 0 Å². The first-order valence-corrected chi connectivity index (χ1v) is 3.72. The Morgan fingerprint density at radius 2 is 2.18 bits per heavy atom. The molecule has 2 N–H and O–H groups in total. The Morgan fingerprint density at radius 1 is 1.55 bits per heavy atom. The van der Waals surface area contributed by atoms with Crippen LogP contribution in [0.4, 0.5) is 0 Å². The Morgan fingerprint density at radius 3 is 2.55 bits per heavy atom. The number of nitrogens with zero attached hydrogens (tertiary/aromatic N) is 3. The fourth-order valence-corrected chi connectivity index (χ4v) is 0.940. The van der Waals surface area contributed by atoms with Crippen molar-refractivity contribution >= 4 is 0 Å². The Labute approximate surface area is 66.4 Å². The summed E-state index contributed by atoms with van der Waals surface area (Å²) < 4.78 is 1.90. The molecule has 0 spiro atoms. The molecule has 0 aliphatic carbocycles. The summed E-state index contributed by atoms with van der Waals surface area (Å²) in [7, 11) is 1.92. The van der Waals surface area contributed by atoms with Crippen molar-refractivity contribution < 1.29 is 0 Å². The molecule has 1 heterocycles. The highest BCUT2D eigenvalue weighted by Gasteiger charge is 2.14. The molecule has 0 amide bonds. The number of hydrogen-bond donors (Lipinski definition) is 1. The topological polar surface area (TPSA) is 56.7 Å². The summed E-state index contributed by atoms with van der Waals surface area (Å²) in [6.07, 6.45) is 1.69. The Kier molecular flexibility index (Phi) is 2.24. The number of aryl methyl sites for hydroxylation is 1. The third-order valence-corrected chi connectivity index (χ3v) is 1.94. The molecule has 4 nitrogen and oxygen atoms in total. The van der Waals surface area contributed by atoms with Crippen LogP contribution in [0.3, 0.4) is 0 Å². The van der Waals surface area contributed by atoms with Crippen molar-refractivity contribution in [3.63, 3.8) is 0 Å². The molecule has 0 aliphatic rings. The van der Waals surface area contributed by atoms with E-state index in [1.165, 1.54) is 0 Å². The van der Waals surface area contributed by atoms with Crippen LogP contribution >= 0.6 is 0 Å². The summed E-state index contributed by atoms with van der Waals surface area (Å²) in [5, 5.41) is 7.75. The van der Waals surface area contributed by atoms with Crippen LogP contribution in [0.5, 0.6) is 0 Å². The van der Waals surface area contributed by atoms with Crippen LogP contribution in [0, 0.1) is 0 Å². The van der Waals surface area contributed by atoms with Gasteiger partial charge in [-0.1, -0.05) is 6.92 Å². The van der Waals surface area contributed by atoms with Crippen LogP contribution in [0.25, 0.3) is 0 Å². The smallest absolute Gasteiger partial charge is 0.136 e. The molecule has 4 heteroatoms. The summed E-state index contributed by atoms with van der Waals surface area (Å²) in [5.74, 6) is 1.21. The Hall–Kier alpha value is -0.900. The number of rotatable bonds is 2. The molecule has 0 radical (unpaired) electrons. The zero-order valence-electron chi connectivity index (χ0n) is 7.15. The highest BCUT2D eigenvalue weighted by atomic mass is 15.2. The fourth-order valence-electron chi connectivity index (χ4n) is 0.940. The molecule has 2 atom stereocenters. The van der Waals surface area contributed by atoms with Crippen LogP contribution in [-0.4, -0.2) is 20.8 Å². The normalized spacial score (nSPS) is 16.4. The standard InChI is InChI=1S/C7H14N4/c1-5(6(2)8)7-10-9-4-11(7)3/h4-6H,8H2,1-3H3. The first-order valence-electron chi connectivity index (χ1n) is 3.72. The molecule has 1 rings (SSSR count). The van der Waals surface area contributed by atoms with E-state index in [1.807, 2.05) is 18.5 Å². The molecular formula is C7H14N4. The van der Waals surface area contributed by atoms with Gasteiger partial charge in [0, 0.05) is 19.0 Å². The van der Waals surface area contributed by atoms with Gasteiger partial charge in [-0.3, -0.25) is 0 Å². The molecule has 0 aliphatic heterocycles. The molecular weight excluding hydrogens is 140 g/mol. The van der Waals surface area contributed by atoms with E-state index in [2.05, 4.69) is 17.1 Å². The van der Waals surface area contributed by atoms with E-state index in [0.717, 1.165) is 5.82 Å². The van der Waals surface area contributed by atoms with Gasteiger partial charge in [0.05, 0.1) is 0 Å². The Balaban J connectivity index is 2.84. The van der Waals surface area contributed by atoms with Gasteiger partial charge in [0.2, 0.25) is 0 Å². The van der Waals surface area contributed by atoms with Gasteiger partial charge in [-0.2, -0.15) is 0 Å². The van der Waals surface area contributed by atoms with Crippen LogP contribution in [0.15, 0.2) is 6.33 Å². The average molecular weight is 154 g/mol. The molecule has 0 saturated heterocycles. The van der Waals surface area contributed by atoms with Gasteiger partial charge in [0.15, 0.2) is 0 Å². The number of nitrogens with two attached hydrogens (primary N) is 1. The molecule has 0 aromatic carbocycles. The van der Waals surface area contributed by atoms with Crippen molar-refractivity contribution in [3.8, 4) is 0 Å². The SMILES string of the molecule is CC(N)C(C)c1nncn1C. The molecule has 0 saturated carbocycles. The molecule has 1 aromatic heterocycles. The largest absolute Gasteiger partial charge is 0.327 e. The summed E-state index contributed by atoms with van der Waals surface area (Å²) in [6, 6.07) is 0.123. The molecule has 0 fully saturated rings. The van der Waals surface area contributed by atoms with Crippen molar-refractivity contribution in [2.75, 3.05) is 0 Å². The van der Waals surface area contributed by atoms with Crippen LogP contribution in [-0.2, 0) is 7.05 Å². The van der Waals surface area contributed by atoms with Crippen LogP contribution < -0.4 is 5.73 Å². The van der Waals surface area contributed by atoms with Gasteiger partial charge in [-0.25, -0.2) is 0 Å². The van der Waals surface area contributed by atoms with Gasteiger partial charge in [-0.05, 0) is 6.92 Å². The number of hydrogen-bond acceptors (Lipinski definition) is 3. The molecule has 2 unspecified atom stereocenters. The van der Waals surface area contributed by atoms with Crippen LogP contribution in [0.2, 0.25) is 0 Å². The zero-order chi connectivity index (χ0) is 8.43.